The number of hydrogen-bond acceptors (Lipinski definition) is 4. The van der Waals surface area contributed by atoms with E-state index in [2.05, 4.69) is 40.6 Å². The molecule has 34 heavy (non-hydrogen) atoms. The smallest absolute Gasteiger partial charge is 0.180 e. The fraction of sp³-hybridized carbons (Fsp3) is 0.207. The van der Waals surface area contributed by atoms with Gasteiger partial charge in [0.05, 0.1) is 13.2 Å². The summed E-state index contributed by atoms with van der Waals surface area (Å²) in [6.45, 7) is 1.34. The Morgan fingerprint density at radius 1 is 1.00 bits per heavy atom. The number of halogens is 1. The van der Waals surface area contributed by atoms with Crippen LogP contribution in [-0.4, -0.2) is 23.8 Å². The molecule has 0 aliphatic carbocycles. The summed E-state index contributed by atoms with van der Waals surface area (Å²) in [5.74, 6) is 0.937. The van der Waals surface area contributed by atoms with Gasteiger partial charge in [-0.15, -0.1) is 11.3 Å². The van der Waals surface area contributed by atoms with Gasteiger partial charge in [-0.05, 0) is 64.9 Å². The summed E-state index contributed by atoms with van der Waals surface area (Å²) in [4.78, 5) is 17.7. The highest BCUT2D eigenvalue weighted by Gasteiger charge is 2.40. The van der Waals surface area contributed by atoms with Crippen molar-refractivity contribution in [1.29, 1.82) is 0 Å². The van der Waals surface area contributed by atoms with Crippen LogP contribution in [0.25, 0.3) is 0 Å². The predicted molar refractivity (Wildman–Crippen MR) is 139 cm³/mol. The van der Waals surface area contributed by atoms with Gasteiger partial charge in [-0.25, -0.2) is 0 Å². The number of benzene rings is 3. The van der Waals surface area contributed by atoms with E-state index < -0.39 is 0 Å². The van der Waals surface area contributed by atoms with Crippen LogP contribution in [0.1, 0.15) is 37.8 Å². The maximum absolute atomic E-state index is 14.1. The zero-order valence-corrected chi connectivity index (χ0v) is 20.6. The monoisotopic (exact) mass is 487 g/mol. The van der Waals surface area contributed by atoms with Crippen molar-refractivity contribution >= 4 is 28.7 Å². The van der Waals surface area contributed by atoms with Crippen LogP contribution < -0.4 is 4.74 Å². The second kappa shape index (κ2) is 10.1. The summed E-state index contributed by atoms with van der Waals surface area (Å²) < 4.78 is 5.31. The highest BCUT2D eigenvalue weighted by atomic mass is 35.5. The molecule has 0 saturated carbocycles. The van der Waals surface area contributed by atoms with E-state index >= 15 is 0 Å². The molecule has 4 aromatic rings. The lowest BCUT2D eigenvalue weighted by Crippen LogP contribution is -2.48. The molecule has 5 rings (SSSR count). The number of Topliss-reactive ketones (excluding diaryl/α,β-unsaturated/α-hetero) is 1. The Labute approximate surface area is 209 Å². The number of methoxy groups -OCH3 is 1. The minimum atomic E-state index is -0.295. The van der Waals surface area contributed by atoms with Crippen molar-refractivity contribution in [3.8, 4) is 5.75 Å². The van der Waals surface area contributed by atoms with E-state index in [0.717, 1.165) is 29.3 Å². The first kappa shape index (κ1) is 22.9. The van der Waals surface area contributed by atoms with Crippen molar-refractivity contribution in [1.82, 2.24) is 4.90 Å². The molecule has 172 valence electrons. The number of hydrogen-bond donors (Lipinski definition) is 0. The Kier molecular flexibility index (Phi) is 6.82. The van der Waals surface area contributed by atoms with Gasteiger partial charge in [0, 0.05) is 34.5 Å². The first-order chi connectivity index (χ1) is 16.6. The number of fused-ring (bicyclic) bond motifs is 1. The second-order valence-electron chi connectivity index (χ2n) is 8.64. The zero-order chi connectivity index (χ0) is 23.5. The summed E-state index contributed by atoms with van der Waals surface area (Å²) in [5.41, 5.74) is 4.28. The van der Waals surface area contributed by atoms with Crippen molar-refractivity contribution in [2.24, 2.45) is 0 Å². The molecule has 3 aromatic carbocycles. The van der Waals surface area contributed by atoms with Crippen LogP contribution in [0.4, 0.5) is 0 Å². The molecule has 2 heterocycles. The first-order valence-electron chi connectivity index (χ1n) is 11.4. The molecule has 1 aliphatic heterocycles. The quantitative estimate of drug-likeness (QED) is 0.263. The molecule has 0 N–H and O–H groups in total. The van der Waals surface area contributed by atoms with Crippen LogP contribution in [0.5, 0.6) is 5.75 Å². The van der Waals surface area contributed by atoms with Gasteiger partial charge < -0.3 is 4.74 Å². The van der Waals surface area contributed by atoms with E-state index in [1.54, 1.807) is 18.4 Å². The third-order valence-electron chi connectivity index (χ3n) is 6.54. The van der Waals surface area contributed by atoms with E-state index in [1.807, 2.05) is 54.6 Å². The Hall–Kier alpha value is -2.92. The van der Waals surface area contributed by atoms with Crippen LogP contribution in [0.2, 0.25) is 5.02 Å². The number of carbonyl (C=O) groups excluding carboxylic acids is 1. The molecule has 0 amide bonds. The summed E-state index contributed by atoms with van der Waals surface area (Å²) in [5, 5.41) is 2.88. The zero-order valence-electron chi connectivity index (χ0n) is 19.0. The Balaban J connectivity index is 1.57. The second-order valence-corrected chi connectivity index (χ2v) is 10.00. The normalized spacial score (nSPS) is 17.8. The standard InChI is InChI=1S/C29H26ClNO2S/c1-33-24-13-11-21(12-14-24)28(32)27-25(17-20-7-3-2-4-8-20)29-23(15-16-34-29)19-31(27)18-22-9-5-6-10-26(22)30/h2-16,25,27H,17-19H2,1H3. The topological polar surface area (TPSA) is 29.5 Å². The summed E-state index contributed by atoms with van der Waals surface area (Å²) in [6, 6.07) is 27.7. The minimum Gasteiger partial charge on any atom is -0.497 e. The summed E-state index contributed by atoms with van der Waals surface area (Å²) >= 11 is 8.30. The number of nitrogens with zero attached hydrogens (tertiary/aromatic N) is 1. The van der Waals surface area contributed by atoms with Gasteiger partial charge in [0.15, 0.2) is 5.78 Å². The highest BCUT2D eigenvalue weighted by Crippen LogP contribution is 2.41. The molecule has 2 atom stereocenters. The summed E-state index contributed by atoms with van der Waals surface area (Å²) in [7, 11) is 1.64. The van der Waals surface area contributed by atoms with Gasteiger partial charge in [0.1, 0.15) is 5.75 Å². The number of ketones is 1. The average Bonchev–Trinajstić information content (AvgIpc) is 3.34. The lowest BCUT2D eigenvalue weighted by Gasteiger charge is -2.40. The number of ether oxygens (including phenoxy) is 1. The predicted octanol–water partition coefficient (Wildman–Crippen LogP) is 7.00. The fourth-order valence-corrected chi connectivity index (χ4v) is 6.11. The highest BCUT2D eigenvalue weighted by molar-refractivity contribution is 7.10. The number of rotatable bonds is 7. The van der Waals surface area contributed by atoms with Crippen molar-refractivity contribution in [2.75, 3.05) is 7.11 Å². The fourth-order valence-electron chi connectivity index (χ4n) is 4.87. The van der Waals surface area contributed by atoms with E-state index in [-0.39, 0.29) is 17.7 Å². The molecule has 0 radical (unpaired) electrons. The van der Waals surface area contributed by atoms with Crippen LogP contribution in [-0.2, 0) is 19.5 Å². The lowest BCUT2D eigenvalue weighted by atomic mass is 9.81. The maximum atomic E-state index is 14.1. The van der Waals surface area contributed by atoms with Crippen LogP contribution in [0.3, 0.4) is 0 Å². The molecule has 1 aromatic heterocycles. The van der Waals surface area contributed by atoms with Crippen molar-refractivity contribution in [3.63, 3.8) is 0 Å². The first-order valence-corrected chi connectivity index (χ1v) is 12.7. The molecular formula is C29H26ClNO2S. The molecule has 2 unspecified atom stereocenters. The Bertz CT molecular complexity index is 1270. The molecule has 1 aliphatic rings. The van der Waals surface area contributed by atoms with E-state index in [9.17, 15) is 4.79 Å². The molecule has 3 nitrogen and oxygen atoms in total. The molecule has 0 fully saturated rings. The van der Waals surface area contributed by atoms with E-state index in [4.69, 9.17) is 16.3 Å². The molecule has 0 saturated heterocycles. The van der Waals surface area contributed by atoms with Gasteiger partial charge in [-0.1, -0.05) is 60.1 Å². The third kappa shape index (κ3) is 4.67. The maximum Gasteiger partial charge on any atom is 0.180 e. The van der Waals surface area contributed by atoms with E-state index in [0.29, 0.717) is 12.1 Å². The molecule has 0 spiro atoms. The van der Waals surface area contributed by atoms with Crippen LogP contribution >= 0.6 is 22.9 Å². The number of thiophene rings is 1. The average molecular weight is 488 g/mol. The number of carbonyl (C=O) groups is 1. The van der Waals surface area contributed by atoms with Crippen molar-refractivity contribution < 1.29 is 9.53 Å². The van der Waals surface area contributed by atoms with Gasteiger partial charge in [-0.2, -0.15) is 0 Å². The third-order valence-corrected chi connectivity index (χ3v) is 8.00. The SMILES string of the molecule is COc1ccc(C(=O)C2C(Cc3ccccc3)c3sccc3CN2Cc2ccccc2Cl)cc1. The van der Waals surface area contributed by atoms with Crippen molar-refractivity contribution in [2.45, 2.75) is 31.5 Å². The van der Waals surface area contributed by atoms with Crippen molar-refractivity contribution in [3.05, 3.63) is 122 Å². The van der Waals surface area contributed by atoms with Crippen LogP contribution in [0.15, 0.2) is 90.3 Å². The Morgan fingerprint density at radius 2 is 1.74 bits per heavy atom. The van der Waals surface area contributed by atoms with Gasteiger partial charge in [-0.3, -0.25) is 9.69 Å². The molecule has 5 heteroatoms. The van der Waals surface area contributed by atoms with Gasteiger partial charge >= 0.3 is 0 Å². The lowest BCUT2D eigenvalue weighted by molar-refractivity contribution is 0.0715. The van der Waals surface area contributed by atoms with Gasteiger partial charge in [0.25, 0.3) is 0 Å². The molecule has 0 bridgehead atoms. The largest absolute Gasteiger partial charge is 0.497 e. The van der Waals surface area contributed by atoms with Gasteiger partial charge in [0.2, 0.25) is 0 Å². The summed E-state index contributed by atoms with van der Waals surface area (Å²) in [6.07, 6.45) is 0.805. The van der Waals surface area contributed by atoms with E-state index in [1.165, 1.54) is 16.0 Å². The molecular weight excluding hydrogens is 462 g/mol. The Morgan fingerprint density at radius 3 is 2.47 bits per heavy atom. The minimum absolute atomic E-state index is 0.0586. The van der Waals surface area contributed by atoms with Crippen LogP contribution in [0, 0.1) is 0 Å².